The predicted octanol–water partition coefficient (Wildman–Crippen LogP) is 4.63. The molecule has 0 aliphatic carbocycles. The van der Waals surface area contributed by atoms with Crippen molar-refractivity contribution >= 4 is 28.6 Å². The minimum absolute atomic E-state index is 0.00841. The first kappa shape index (κ1) is 26.5. The van der Waals surface area contributed by atoms with Gasteiger partial charge in [0.1, 0.15) is 16.9 Å². The summed E-state index contributed by atoms with van der Waals surface area (Å²) in [7, 11) is 0. The van der Waals surface area contributed by atoms with Gasteiger partial charge in [-0.15, -0.1) is 0 Å². The Labute approximate surface area is 224 Å². The SMILES string of the molecule is CCOC(=O)c1cc2c(=O)n3ccccc3nc2n(Cc2ccccc2)c1=NC(=O)c1cccc(C(F)(F)F)c1. The van der Waals surface area contributed by atoms with E-state index >= 15 is 0 Å². The van der Waals surface area contributed by atoms with Crippen molar-refractivity contribution in [1.82, 2.24) is 14.0 Å². The van der Waals surface area contributed by atoms with Crippen LogP contribution in [0.2, 0.25) is 0 Å². The average Bonchev–Trinajstić information content (AvgIpc) is 2.94. The second-order valence-electron chi connectivity index (χ2n) is 8.75. The number of nitrogens with zero attached hydrogens (tertiary/aromatic N) is 4. The quantitative estimate of drug-likeness (QED) is 0.237. The molecule has 0 N–H and O–H groups in total. The summed E-state index contributed by atoms with van der Waals surface area (Å²) in [6.07, 6.45) is -3.14. The first-order valence-electron chi connectivity index (χ1n) is 12.2. The van der Waals surface area contributed by atoms with Crippen LogP contribution in [0.1, 0.15) is 38.8 Å². The number of pyridine rings is 2. The predicted molar refractivity (Wildman–Crippen MR) is 140 cm³/mol. The highest BCUT2D eigenvalue weighted by Gasteiger charge is 2.31. The van der Waals surface area contributed by atoms with Gasteiger partial charge < -0.3 is 9.30 Å². The van der Waals surface area contributed by atoms with Gasteiger partial charge in [-0.05, 0) is 48.9 Å². The summed E-state index contributed by atoms with van der Waals surface area (Å²) in [6, 6.07) is 19.0. The molecule has 0 atom stereocenters. The van der Waals surface area contributed by atoms with E-state index in [2.05, 4.69) is 9.98 Å². The molecule has 40 heavy (non-hydrogen) atoms. The molecule has 3 heterocycles. The maximum atomic E-state index is 13.5. The molecule has 0 bridgehead atoms. The maximum Gasteiger partial charge on any atom is 0.416 e. The van der Waals surface area contributed by atoms with E-state index in [4.69, 9.17) is 4.74 Å². The van der Waals surface area contributed by atoms with Crippen molar-refractivity contribution in [3.05, 3.63) is 123 Å². The van der Waals surface area contributed by atoms with Gasteiger partial charge in [0.2, 0.25) is 0 Å². The van der Waals surface area contributed by atoms with E-state index in [0.717, 1.165) is 17.7 Å². The van der Waals surface area contributed by atoms with E-state index < -0.39 is 29.2 Å². The van der Waals surface area contributed by atoms with Crippen molar-refractivity contribution < 1.29 is 27.5 Å². The highest BCUT2D eigenvalue weighted by Crippen LogP contribution is 2.29. The van der Waals surface area contributed by atoms with Crippen LogP contribution in [0, 0.1) is 0 Å². The third kappa shape index (κ3) is 5.13. The minimum atomic E-state index is -4.67. The molecule has 202 valence electrons. The van der Waals surface area contributed by atoms with Crippen molar-refractivity contribution in [2.24, 2.45) is 4.99 Å². The third-order valence-electron chi connectivity index (χ3n) is 6.11. The Hall–Kier alpha value is -5.06. The standard InChI is InChI=1S/C29H21F3N4O4/c1-2-40-28(39)22-16-21-24(33-23-13-6-7-14-35(23)27(21)38)36(17-18-9-4-3-5-10-18)25(22)34-26(37)19-11-8-12-20(15-19)29(30,31)32/h3-16H,2,17H2,1H3. The number of fused-ring (bicyclic) bond motifs is 2. The van der Waals surface area contributed by atoms with Crippen LogP contribution >= 0.6 is 0 Å². The second kappa shape index (κ2) is 10.6. The molecule has 0 unspecified atom stereocenters. The molecule has 0 spiro atoms. The molecule has 0 saturated heterocycles. The van der Waals surface area contributed by atoms with Gasteiger partial charge in [-0.2, -0.15) is 18.2 Å². The molecule has 1 amide bonds. The van der Waals surface area contributed by atoms with Crippen LogP contribution in [0.5, 0.6) is 0 Å². The molecule has 2 aromatic carbocycles. The summed E-state index contributed by atoms with van der Waals surface area (Å²) in [4.78, 5) is 48.6. The topological polar surface area (TPSA) is 95.0 Å². The van der Waals surface area contributed by atoms with E-state index in [-0.39, 0.29) is 40.8 Å². The zero-order valence-electron chi connectivity index (χ0n) is 21.1. The van der Waals surface area contributed by atoms with Gasteiger partial charge in [-0.1, -0.05) is 42.5 Å². The Morgan fingerprint density at radius 1 is 0.975 bits per heavy atom. The van der Waals surface area contributed by atoms with Gasteiger partial charge in [0.25, 0.3) is 11.5 Å². The van der Waals surface area contributed by atoms with Crippen LogP contribution < -0.4 is 11.0 Å². The highest BCUT2D eigenvalue weighted by molar-refractivity contribution is 5.97. The maximum absolute atomic E-state index is 13.5. The van der Waals surface area contributed by atoms with Crippen molar-refractivity contribution in [2.75, 3.05) is 6.61 Å². The molecule has 0 fully saturated rings. The number of amides is 1. The number of aromatic nitrogens is 3. The van der Waals surface area contributed by atoms with Gasteiger partial charge in [-0.3, -0.25) is 14.0 Å². The van der Waals surface area contributed by atoms with Crippen molar-refractivity contribution in [3.63, 3.8) is 0 Å². The Morgan fingerprint density at radius 3 is 2.45 bits per heavy atom. The summed E-state index contributed by atoms with van der Waals surface area (Å²) >= 11 is 0. The number of alkyl halides is 3. The van der Waals surface area contributed by atoms with Gasteiger partial charge in [0, 0.05) is 11.8 Å². The lowest BCUT2D eigenvalue weighted by molar-refractivity contribution is -0.137. The first-order chi connectivity index (χ1) is 19.2. The Morgan fingerprint density at radius 2 is 1.73 bits per heavy atom. The van der Waals surface area contributed by atoms with Gasteiger partial charge >= 0.3 is 12.1 Å². The zero-order chi connectivity index (χ0) is 28.4. The lowest BCUT2D eigenvalue weighted by Crippen LogP contribution is -2.33. The number of benzene rings is 2. The minimum Gasteiger partial charge on any atom is -0.462 e. The Kier molecular flexibility index (Phi) is 7.03. The zero-order valence-corrected chi connectivity index (χ0v) is 21.1. The van der Waals surface area contributed by atoms with E-state index in [1.807, 2.05) is 6.07 Å². The summed E-state index contributed by atoms with van der Waals surface area (Å²) in [6.45, 7) is 1.62. The van der Waals surface area contributed by atoms with Crippen molar-refractivity contribution in [3.8, 4) is 0 Å². The summed E-state index contributed by atoms with van der Waals surface area (Å²) in [5.74, 6) is -1.88. The highest BCUT2D eigenvalue weighted by atomic mass is 19.4. The van der Waals surface area contributed by atoms with E-state index in [1.165, 1.54) is 27.3 Å². The molecule has 0 saturated carbocycles. The number of ether oxygens (including phenoxy) is 1. The summed E-state index contributed by atoms with van der Waals surface area (Å²) in [5, 5.41) is 0.0631. The monoisotopic (exact) mass is 546 g/mol. The lowest BCUT2D eigenvalue weighted by atomic mass is 10.1. The molecule has 0 aliphatic heterocycles. The summed E-state index contributed by atoms with van der Waals surface area (Å²) in [5.41, 5.74) is -1.07. The van der Waals surface area contributed by atoms with Crippen molar-refractivity contribution in [2.45, 2.75) is 19.6 Å². The molecule has 8 nitrogen and oxygen atoms in total. The lowest BCUT2D eigenvalue weighted by Gasteiger charge is -2.15. The number of carbonyl (C=O) groups excluding carboxylic acids is 2. The number of hydrogen-bond acceptors (Lipinski definition) is 5. The fraction of sp³-hybridized carbons (Fsp3) is 0.138. The van der Waals surface area contributed by atoms with Crippen LogP contribution in [-0.2, 0) is 17.5 Å². The number of esters is 1. The van der Waals surface area contributed by atoms with Crippen LogP contribution in [-0.4, -0.2) is 32.4 Å². The number of carbonyl (C=O) groups is 2. The van der Waals surface area contributed by atoms with Crippen LogP contribution in [0.15, 0.2) is 94.8 Å². The largest absolute Gasteiger partial charge is 0.462 e. The number of rotatable bonds is 5. The average molecular weight is 547 g/mol. The number of halogens is 3. The molecular formula is C29H21F3N4O4. The van der Waals surface area contributed by atoms with E-state index in [0.29, 0.717) is 11.7 Å². The molecule has 0 aliphatic rings. The van der Waals surface area contributed by atoms with Gasteiger partial charge in [-0.25, -0.2) is 9.78 Å². The van der Waals surface area contributed by atoms with Gasteiger partial charge in [0.15, 0.2) is 5.49 Å². The van der Waals surface area contributed by atoms with Gasteiger partial charge in [0.05, 0.1) is 24.1 Å². The molecule has 3 aromatic heterocycles. The molecule has 5 aromatic rings. The Bertz CT molecular complexity index is 1890. The van der Waals surface area contributed by atoms with Crippen molar-refractivity contribution in [1.29, 1.82) is 0 Å². The molecule has 5 rings (SSSR count). The van der Waals surface area contributed by atoms with Crippen LogP contribution in [0.25, 0.3) is 16.7 Å². The van der Waals surface area contributed by atoms with E-state index in [1.54, 1.807) is 49.4 Å². The second-order valence-corrected chi connectivity index (χ2v) is 8.75. The first-order valence-corrected chi connectivity index (χ1v) is 12.2. The smallest absolute Gasteiger partial charge is 0.416 e. The van der Waals surface area contributed by atoms with Crippen LogP contribution in [0.3, 0.4) is 0 Å². The Balaban J connectivity index is 1.86. The summed E-state index contributed by atoms with van der Waals surface area (Å²) < 4.78 is 47.9. The number of hydrogen-bond donors (Lipinski definition) is 0. The fourth-order valence-corrected chi connectivity index (χ4v) is 4.26. The van der Waals surface area contributed by atoms with Crippen LogP contribution in [0.4, 0.5) is 13.2 Å². The molecule has 11 heteroatoms. The fourth-order valence-electron chi connectivity index (χ4n) is 4.26. The molecular weight excluding hydrogens is 525 g/mol. The van der Waals surface area contributed by atoms with E-state index in [9.17, 15) is 27.6 Å². The normalized spacial score (nSPS) is 12.2. The third-order valence-corrected chi connectivity index (χ3v) is 6.11. The molecule has 0 radical (unpaired) electrons.